The van der Waals surface area contributed by atoms with E-state index >= 15 is 0 Å². The average Bonchev–Trinajstić information content (AvgIpc) is 3.36. The van der Waals surface area contributed by atoms with Crippen LogP contribution in [0.3, 0.4) is 0 Å². The van der Waals surface area contributed by atoms with Crippen LogP contribution in [0.1, 0.15) is 22.3 Å². The van der Waals surface area contributed by atoms with Gasteiger partial charge in [0, 0.05) is 36.0 Å². The highest BCUT2D eigenvalue weighted by molar-refractivity contribution is 7.07. The van der Waals surface area contributed by atoms with Gasteiger partial charge < -0.3 is 9.30 Å². The van der Waals surface area contributed by atoms with Gasteiger partial charge in [-0.25, -0.2) is 4.98 Å². The number of hydrogen-bond donors (Lipinski definition) is 0. The van der Waals surface area contributed by atoms with Crippen molar-refractivity contribution in [2.75, 3.05) is 0 Å². The number of rotatable bonds is 6. The molecule has 0 saturated heterocycles. The predicted molar refractivity (Wildman–Crippen MR) is 112 cm³/mol. The fraction of sp³-hybridized carbons (Fsp3) is 0.227. The molecule has 0 unspecified atom stereocenters. The summed E-state index contributed by atoms with van der Waals surface area (Å²) in [6.45, 7) is 7.17. The average molecular weight is 391 g/mol. The van der Waals surface area contributed by atoms with Crippen LogP contribution in [0.25, 0.3) is 11.4 Å². The first-order valence-corrected chi connectivity index (χ1v) is 10.0. The fourth-order valence-corrected chi connectivity index (χ4v) is 3.63. The van der Waals surface area contributed by atoms with Gasteiger partial charge in [0.25, 0.3) is 5.19 Å². The largest absolute Gasteiger partial charge is 0.430 e. The van der Waals surface area contributed by atoms with Gasteiger partial charge in [0.15, 0.2) is 5.82 Å². The number of nitrogens with zero attached hydrogens (tertiary/aromatic N) is 4. The summed E-state index contributed by atoms with van der Waals surface area (Å²) in [4.78, 5) is 8.64. The van der Waals surface area contributed by atoms with E-state index in [4.69, 9.17) is 4.74 Å². The number of ether oxygens (including phenoxy) is 1. The molecule has 0 aliphatic carbocycles. The summed E-state index contributed by atoms with van der Waals surface area (Å²) in [5, 5.41) is 0.559. The molecule has 0 aliphatic rings. The fourth-order valence-electron chi connectivity index (χ4n) is 3.06. The lowest BCUT2D eigenvalue weighted by Gasteiger charge is -2.12. The number of imidazole rings is 1. The van der Waals surface area contributed by atoms with Crippen molar-refractivity contribution in [1.29, 1.82) is 0 Å². The van der Waals surface area contributed by atoms with E-state index in [9.17, 15) is 0 Å². The van der Waals surface area contributed by atoms with Crippen molar-refractivity contribution in [3.05, 3.63) is 77.4 Å². The number of hydrogen-bond acceptors (Lipinski definition) is 5. The first-order chi connectivity index (χ1) is 13.6. The van der Waals surface area contributed by atoms with Gasteiger partial charge in [-0.3, -0.25) is 0 Å². The Bertz CT molecular complexity index is 1070. The van der Waals surface area contributed by atoms with Crippen LogP contribution in [0.4, 0.5) is 0 Å². The van der Waals surface area contributed by atoms with Gasteiger partial charge in [-0.15, -0.1) is 0 Å². The lowest BCUT2D eigenvalue weighted by molar-refractivity contribution is 0.475. The third-order valence-corrected chi connectivity index (χ3v) is 5.34. The minimum Gasteiger partial charge on any atom is -0.430 e. The Hall–Kier alpha value is -2.99. The molecule has 0 fully saturated rings. The summed E-state index contributed by atoms with van der Waals surface area (Å²) in [6.07, 6.45) is 6.60. The van der Waals surface area contributed by atoms with Crippen LogP contribution in [-0.2, 0) is 13.0 Å². The highest BCUT2D eigenvalue weighted by atomic mass is 32.1. The van der Waals surface area contributed by atoms with Crippen LogP contribution in [0.15, 0.2) is 55.1 Å². The lowest BCUT2D eigenvalue weighted by atomic mass is 10.0. The second-order valence-corrected chi connectivity index (χ2v) is 7.66. The van der Waals surface area contributed by atoms with Gasteiger partial charge in [-0.05, 0) is 49.9 Å². The van der Waals surface area contributed by atoms with Crippen LogP contribution < -0.4 is 4.74 Å². The first kappa shape index (κ1) is 18.4. The minimum atomic E-state index is 0.559. The van der Waals surface area contributed by atoms with E-state index in [0.717, 1.165) is 29.8 Å². The smallest absolute Gasteiger partial charge is 0.299 e. The number of benzene rings is 2. The van der Waals surface area contributed by atoms with Crippen LogP contribution in [-0.4, -0.2) is 18.9 Å². The molecule has 4 rings (SSSR count). The Morgan fingerprint density at radius 2 is 1.86 bits per heavy atom. The quantitative estimate of drug-likeness (QED) is 0.445. The van der Waals surface area contributed by atoms with Gasteiger partial charge in [-0.1, -0.05) is 35.9 Å². The molecule has 5 nitrogen and oxygen atoms in total. The monoisotopic (exact) mass is 390 g/mol. The maximum Gasteiger partial charge on any atom is 0.299 e. The topological polar surface area (TPSA) is 52.8 Å². The maximum absolute atomic E-state index is 6.05. The lowest BCUT2D eigenvalue weighted by Crippen LogP contribution is -2.01. The Kier molecular flexibility index (Phi) is 5.21. The van der Waals surface area contributed by atoms with E-state index in [1.54, 1.807) is 0 Å². The standard InChI is InChI=1S/C22H22N4OS/c1-15-4-6-18(7-5-15)21-24-22(28-25-21)27-20-13-16(2)19(12-17(20)3)8-10-26-11-9-23-14-26/h4-7,9,11-14H,8,10H2,1-3H3. The van der Waals surface area contributed by atoms with Crippen LogP contribution in [0.5, 0.6) is 10.9 Å². The van der Waals surface area contributed by atoms with E-state index < -0.39 is 0 Å². The van der Waals surface area contributed by atoms with Crippen molar-refractivity contribution in [1.82, 2.24) is 18.9 Å². The second kappa shape index (κ2) is 7.94. The molecule has 0 N–H and O–H groups in total. The Balaban J connectivity index is 1.49. The van der Waals surface area contributed by atoms with Crippen molar-refractivity contribution in [3.63, 3.8) is 0 Å². The molecule has 0 bridgehead atoms. The van der Waals surface area contributed by atoms with E-state index in [2.05, 4.69) is 63.9 Å². The molecule has 2 heterocycles. The zero-order valence-electron chi connectivity index (χ0n) is 16.2. The highest BCUT2D eigenvalue weighted by Crippen LogP contribution is 2.31. The summed E-state index contributed by atoms with van der Waals surface area (Å²) in [5.41, 5.74) is 5.84. The normalized spacial score (nSPS) is 11.0. The Morgan fingerprint density at radius 3 is 2.61 bits per heavy atom. The summed E-state index contributed by atoms with van der Waals surface area (Å²) < 4.78 is 12.6. The van der Waals surface area contributed by atoms with Crippen molar-refractivity contribution in [3.8, 4) is 22.3 Å². The molecule has 0 amide bonds. The van der Waals surface area contributed by atoms with E-state index in [1.165, 1.54) is 28.2 Å². The summed E-state index contributed by atoms with van der Waals surface area (Å²) in [6, 6.07) is 12.5. The van der Waals surface area contributed by atoms with Gasteiger partial charge in [-0.2, -0.15) is 9.36 Å². The van der Waals surface area contributed by atoms with Crippen molar-refractivity contribution >= 4 is 11.5 Å². The van der Waals surface area contributed by atoms with Gasteiger partial charge >= 0.3 is 0 Å². The molecule has 0 aliphatic heterocycles. The van der Waals surface area contributed by atoms with Gasteiger partial charge in [0.2, 0.25) is 0 Å². The predicted octanol–water partition coefficient (Wildman–Crippen LogP) is 5.36. The zero-order chi connectivity index (χ0) is 19.5. The summed E-state index contributed by atoms with van der Waals surface area (Å²) in [5.74, 6) is 1.53. The first-order valence-electron chi connectivity index (χ1n) is 9.23. The molecule has 0 saturated carbocycles. The second-order valence-electron chi connectivity index (χ2n) is 6.95. The molecular formula is C22H22N4OS. The van der Waals surface area contributed by atoms with Crippen molar-refractivity contribution in [2.24, 2.45) is 0 Å². The molecule has 28 heavy (non-hydrogen) atoms. The third-order valence-electron chi connectivity index (χ3n) is 4.75. The minimum absolute atomic E-state index is 0.559. The molecule has 0 radical (unpaired) electrons. The molecule has 4 aromatic rings. The van der Waals surface area contributed by atoms with Gasteiger partial charge in [0.05, 0.1) is 6.33 Å². The van der Waals surface area contributed by atoms with E-state index in [-0.39, 0.29) is 0 Å². The molecule has 0 spiro atoms. The molecule has 6 heteroatoms. The molecule has 0 atom stereocenters. The number of aromatic nitrogens is 4. The van der Waals surface area contributed by atoms with E-state index in [0.29, 0.717) is 11.0 Å². The van der Waals surface area contributed by atoms with Crippen LogP contribution in [0, 0.1) is 20.8 Å². The van der Waals surface area contributed by atoms with Crippen molar-refractivity contribution < 1.29 is 4.74 Å². The molecule has 2 aromatic carbocycles. The van der Waals surface area contributed by atoms with Gasteiger partial charge in [0.1, 0.15) is 5.75 Å². The van der Waals surface area contributed by atoms with Crippen LogP contribution in [0.2, 0.25) is 0 Å². The summed E-state index contributed by atoms with van der Waals surface area (Å²) >= 11 is 1.28. The van der Waals surface area contributed by atoms with Crippen LogP contribution >= 0.6 is 11.5 Å². The zero-order valence-corrected chi connectivity index (χ0v) is 17.0. The summed E-state index contributed by atoms with van der Waals surface area (Å²) in [7, 11) is 0. The SMILES string of the molecule is Cc1ccc(-c2nsc(Oc3cc(C)c(CCn4ccnc4)cc3C)n2)cc1. The van der Waals surface area contributed by atoms with E-state index in [1.807, 2.05) is 30.9 Å². The maximum atomic E-state index is 6.05. The molecule has 2 aromatic heterocycles. The highest BCUT2D eigenvalue weighted by Gasteiger charge is 2.12. The number of aryl methyl sites for hydroxylation is 5. The van der Waals surface area contributed by atoms with Crippen molar-refractivity contribution in [2.45, 2.75) is 33.7 Å². The Labute approximate surface area is 168 Å². The molecular weight excluding hydrogens is 368 g/mol. The third kappa shape index (κ3) is 4.12. The Morgan fingerprint density at radius 1 is 1.04 bits per heavy atom. The molecule has 142 valence electrons.